The Morgan fingerprint density at radius 1 is 1.35 bits per heavy atom. The van der Waals surface area contributed by atoms with Gasteiger partial charge in [-0.2, -0.15) is 0 Å². The predicted molar refractivity (Wildman–Crippen MR) is 92.9 cm³/mol. The Balaban J connectivity index is 1.41. The van der Waals surface area contributed by atoms with Gasteiger partial charge in [-0.15, -0.1) is 0 Å². The highest BCUT2D eigenvalue weighted by atomic mass is 16.5. The average Bonchev–Trinajstić information content (AvgIpc) is 3.15. The Hall–Kier alpha value is -1.81. The molecule has 1 aliphatic heterocycles. The number of benzene rings is 1. The molecule has 2 atom stereocenters. The van der Waals surface area contributed by atoms with Crippen LogP contribution < -0.4 is 9.64 Å². The maximum Gasteiger partial charge on any atom is 0.223 e. The Morgan fingerprint density at radius 3 is 2.87 bits per heavy atom. The molecular weight excluding hydrogens is 288 g/mol. The van der Waals surface area contributed by atoms with Crippen LogP contribution in [0.25, 0.3) is 0 Å². The van der Waals surface area contributed by atoms with Gasteiger partial charge in [-0.1, -0.05) is 12.2 Å². The van der Waals surface area contributed by atoms with E-state index in [1.54, 1.807) is 18.9 Å². The van der Waals surface area contributed by atoms with E-state index < -0.39 is 0 Å². The van der Waals surface area contributed by atoms with Crippen LogP contribution in [0.5, 0.6) is 5.75 Å². The lowest BCUT2D eigenvalue weighted by Gasteiger charge is -2.22. The van der Waals surface area contributed by atoms with Gasteiger partial charge in [0.25, 0.3) is 0 Å². The van der Waals surface area contributed by atoms with Crippen molar-refractivity contribution in [3.8, 4) is 5.75 Å². The number of nitrogens with zero attached hydrogens (tertiary/aromatic N) is 2. The second-order valence-corrected chi connectivity index (χ2v) is 6.51. The van der Waals surface area contributed by atoms with E-state index in [-0.39, 0.29) is 5.91 Å². The van der Waals surface area contributed by atoms with Crippen LogP contribution in [0.3, 0.4) is 0 Å². The molecule has 1 aromatic rings. The number of ether oxygens (including phenoxy) is 1. The van der Waals surface area contributed by atoms with E-state index in [2.05, 4.69) is 17.1 Å². The molecule has 0 radical (unpaired) electrons. The predicted octanol–water partition coefficient (Wildman–Crippen LogP) is 3.09. The third kappa shape index (κ3) is 3.75. The molecule has 1 saturated heterocycles. The second kappa shape index (κ2) is 7.18. The van der Waals surface area contributed by atoms with E-state index in [0.717, 1.165) is 36.9 Å². The Morgan fingerprint density at radius 2 is 2.13 bits per heavy atom. The molecular formula is C19H26N2O2. The minimum absolute atomic E-state index is 0.0311. The van der Waals surface area contributed by atoms with Crippen LogP contribution in [0.4, 0.5) is 5.69 Å². The molecule has 1 heterocycles. The van der Waals surface area contributed by atoms with Crippen LogP contribution in [0.15, 0.2) is 36.4 Å². The molecule has 4 nitrogen and oxygen atoms in total. The largest absolute Gasteiger partial charge is 0.494 e. The molecule has 0 saturated carbocycles. The van der Waals surface area contributed by atoms with E-state index in [4.69, 9.17) is 4.74 Å². The van der Waals surface area contributed by atoms with Crippen molar-refractivity contribution >= 4 is 11.6 Å². The molecule has 0 unspecified atom stereocenters. The van der Waals surface area contributed by atoms with Gasteiger partial charge in [0.15, 0.2) is 0 Å². The first-order valence-electron chi connectivity index (χ1n) is 8.53. The molecule has 1 fully saturated rings. The Labute approximate surface area is 138 Å². The van der Waals surface area contributed by atoms with Gasteiger partial charge in [0.1, 0.15) is 5.75 Å². The van der Waals surface area contributed by atoms with Crippen molar-refractivity contribution in [2.24, 2.45) is 5.92 Å². The van der Waals surface area contributed by atoms with Crippen LogP contribution in [0.1, 0.15) is 26.2 Å². The molecule has 1 aliphatic carbocycles. The van der Waals surface area contributed by atoms with Crippen molar-refractivity contribution in [2.45, 2.75) is 32.2 Å². The Kier molecular flexibility index (Phi) is 5.01. The maximum absolute atomic E-state index is 11.3. The Bertz CT molecular complexity index is 567. The van der Waals surface area contributed by atoms with E-state index in [1.807, 2.05) is 24.3 Å². The smallest absolute Gasteiger partial charge is 0.223 e. The lowest BCUT2D eigenvalue weighted by Crippen LogP contribution is -2.31. The van der Waals surface area contributed by atoms with Gasteiger partial charge in [0.2, 0.25) is 5.91 Å². The molecule has 23 heavy (non-hydrogen) atoms. The first-order chi connectivity index (χ1) is 11.1. The molecule has 0 bridgehead atoms. The maximum atomic E-state index is 11.3. The van der Waals surface area contributed by atoms with Crippen LogP contribution in [-0.2, 0) is 4.79 Å². The van der Waals surface area contributed by atoms with Crippen molar-refractivity contribution in [3.63, 3.8) is 0 Å². The number of carbonyl (C=O) groups is 1. The third-order valence-electron chi connectivity index (χ3n) is 5.02. The normalized spacial score (nSPS) is 23.0. The van der Waals surface area contributed by atoms with Crippen LogP contribution in [-0.4, -0.2) is 43.6 Å². The van der Waals surface area contributed by atoms with Crippen LogP contribution >= 0.6 is 0 Å². The number of likely N-dealkylation sites (tertiary alicyclic amines) is 1. The van der Waals surface area contributed by atoms with Crippen molar-refractivity contribution in [1.82, 2.24) is 4.90 Å². The molecule has 4 heteroatoms. The summed E-state index contributed by atoms with van der Waals surface area (Å²) < 4.78 is 5.82. The number of fused-ring (bicyclic) bond motifs is 1. The van der Waals surface area contributed by atoms with Crippen LogP contribution in [0.2, 0.25) is 0 Å². The summed E-state index contributed by atoms with van der Waals surface area (Å²) in [7, 11) is 1.78. The number of hydrogen-bond acceptors (Lipinski definition) is 3. The molecule has 3 rings (SSSR count). The number of allylic oxidation sites excluding steroid dienone is 1. The van der Waals surface area contributed by atoms with E-state index >= 15 is 0 Å². The first kappa shape index (κ1) is 16.1. The fourth-order valence-electron chi connectivity index (χ4n) is 3.54. The zero-order chi connectivity index (χ0) is 16.2. The van der Waals surface area contributed by atoms with Gasteiger partial charge in [0.05, 0.1) is 6.61 Å². The number of rotatable bonds is 6. The number of carbonyl (C=O) groups excluding carboxylic acids is 1. The average molecular weight is 314 g/mol. The highest BCUT2D eigenvalue weighted by Crippen LogP contribution is 2.32. The minimum Gasteiger partial charge on any atom is -0.494 e. The molecule has 1 amide bonds. The molecule has 124 valence electrons. The van der Waals surface area contributed by atoms with Crippen molar-refractivity contribution in [2.75, 3.05) is 31.6 Å². The zero-order valence-electron chi connectivity index (χ0n) is 14.1. The lowest BCUT2D eigenvalue weighted by molar-refractivity contribution is -0.116. The van der Waals surface area contributed by atoms with Crippen molar-refractivity contribution < 1.29 is 9.53 Å². The van der Waals surface area contributed by atoms with Gasteiger partial charge in [0, 0.05) is 32.2 Å². The standard InChI is InChI=1S/C19H26N2O2/c1-15(22)20(2)17-7-9-18(10-8-17)23-14-4-12-21-13-11-16-5-3-6-19(16)21/h3,6-10,16,19H,4-5,11-14H2,1-2H3/t16-,19+/m0/s1. The fourth-order valence-corrected chi connectivity index (χ4v) is 3.54. The molecule has 0 aromatic heterocycles. The van der Waals surface area contributed by atoms with E-state index in [9.17, 15) is 4.79 Å². The molecule has 0 N–H and O–H groups in total. The number of anilines is 1. The summed E-state index contributed by atoms with van der Waals surface area (Å²) in [6, 6.07) is 8.38. The lowest BCUT2D eigenvalue weighted by atomic mass is 10.0. The first-order valence-corrected chi connectivity index (χ1v) is 8.53. The van der Waals surface area contributed by atoms with Crippen molar-refractivity contribution in [3.05, 3.63) is 36.4 Å². The molecule has 2 aliphatic rings. The van der Waals surface area contributed by atoms with Gasteiger partial charge in [-0.25, -0.2) is 0 Å². The summed E-state index contributed by atoms with van der Waals surface area (Å²) in [6.45, 7) is 4.63. The summed E-state index contributed by atoms with van der Waals surface area (Å²) in [6.07, 6.45) is 8.36. The summed E-state index contributed by atoms with van der Waals surface area (Å²) in [4.78, 5) is 15.5. The summed E-state index contributed by atoms with van der Waals surface area (Å²) in [5.74, 6) is 1.76. The van der Waals surface area contributed by atoms with Crippen LogP contribution in [0, 0.1) is 5.92 Å². The highest BCUT2D eigenvalue weighted by molar-refractivity contribution is 5.90. The third-order valence-corrected chi connectivity index (χ3v) is 5.02. The summed E-state index contributed by atoms with van der Waals surface area (Å²) in [5.41, 5.74) is 0.890. The topological polar surface area (TPSA) is 32.8 Å². The minimum atomic E-state index is 0.0311. The summed E-state index contributed by atoms with van der Waals surface area (Å²) >= 11 is 0. The van der Waals surface area contributed by atoms with Crippen molar-refractivity contribution in [1.29, 1.82) is 0 Å². The quantitative estimate of drug-likeness (QED) is 0.597. The van der Waals surface area contributed by atoms with Gasteiger partial charge in [-0.3, -0.25) is 9.69 Å². The van der Waals surface area contributed by atoms with Gasteiger partial charge >= 0.3 is 0 Å². The number of amides is 1. The number of hydrogen-bond donors (Lipinski definition) is 0. The highest BCUT2D eigenvalue weighted by Gasteiger charge is 2.33. The molecule has 0 spiro atoms. The monoisotopic (exact) mass is 314 g/mol. The second-order valence-electron chi connectivity index (χ2n) is 6.51. The molecule has 1 aromatic carbocycles. The zero-order valence-corrected chi connectivity index (χ0v) is 14.1. The van der Waals surface area contributed by atoms with E-state index in [1.165, 1.54) is 19.4 Å². The van der Waals surface area contributed by atoms with Gasteiger partial charge < -0.3 is 9.64 Å². The fraction of sp³-hybridized carbons (Fsp3) is 0.526. The summed E-state index contributed by atoms with van der Waals surface area (Å²) in [5, 5.41) is 0. The van der Waals surface area contributed by atoms with Gasteiger partial charge in [-0.05, 0) is 56.0 Å². The SMILES string of the molecule is CC(=O)N(C)c1ccc(OCCCN2CC[C@@H]3CC=C[C@H]32)cc1. The van der Waals surface area contributed by atoms with E-state index in [0.29, 0.717) is 6.04 Å².